The molecule has 2 amide bonds. The molecule has 10 nitrogen and oxygen atoms in total. The number of hydrogen-bond donors (Lipinski definition) is 1. The third kappa shape index (κ3) is 5.56. The number of amides is 2. The number of carbonyl (C=O) groups excluding carboxylic acids is 2. The lowest BCUT2D eigenvalue weighted by molar-refractivity contribution is -0.130. The highest BCUT2D eigenvalue weighted by atomic mass is 32.2. The number of piperazine rings is 1. The topological polar surface area (TPSA) is 114 Å². The molecule has 0 radical (unpaired) electrons. The van der Waals surface area contributed by atoms with Crippen molar-refractivity contribution < 1.29 is 18.8 Å². The van der Waals surface area contributed by atoms with E-state index in [2.05, 4.69) is 25.6 Å². The Morgan fingerprint density at radius 3 is 2.84 bits per heavy atom. The second kappa shape index (κ2) is 10.7. The van der Waals surface area contributed by atoms with Gasteiger partial charge in [-0.05, 0) is 12.1 Å². The number of fused-ring (bicyclic) bond motifs is 1. The third-order valence-electron chi connectivity index (χ3n) is 5.02. The highest BCUT2D eigenvalue weighted by Crippen LogP contribution is 2.28. The van der Waals surface area contributed by atoms with Crippen molar-refractivity contribution in [2.75, 3.05) is 57.1 Å². The Morgan fingerprint density at radius 2 is 2.03 bits per heavy atom. The van der Waals surface area contributed by atoms with Crippen LogP contribution >= 0.6 is 23.1 Å². The zero-order valence-electron chi connectivity index (χ0n) is 17.7. The Labute approximate surface area is 193 Å². The van der Waals surface area contributed by atoms with Crippen LogP contribution in [-0.4, -0.2) is 84.3 Å². The van der Waals surface area contributed by atoms with Crippen LogP contribution < -0.4 is 10.2 Å². The average molecular weight is 477 g/mol. The maximum Gasteiger partial charge on any atom is 0.230 e. The van der Waals surface area contributed by atoms with Gasteiger partial charge in [-0.1, -0.05) is 40.4 Å². The molecular formula is C20H24N6O4S2. The number of carbonyl (C=O) groups is 2. The Balaban J connectivity index is 1.24. The number of methoxy groups -OCH3 is 1. The first-order chi connectivity index (χ1) is 15.6. The number of anilines is 1. The predicted octanol–water partition coefficient (Wildman–Crippen LogP) is 1.43. The Morgan fingerprint density at radius 1 is 1.22 bits per heavy atom. The zero-order chi connectivity index (χ0) is 22.3. The molecule has 1 fully saturated rings. The van der Waals surface area contributed by atoms with Gasteiger partial charge in [-0.2, -0.15) is 0 Å². The number of benzene rings is 1. The van der Waals surface area contributed by atoms with Gasteiger partial charge >= 0.3 is 0 Å². The minimum Gasteiger partial charge on any atom is -0.383 e. The summed E-state index contributed by atoms with van der Waals surface area (Å²) in [5.41, 5.74) is 1.36. The molecule has 1 aliphatic rings. The van der Waals surface area contributed by atoms with E-state index in [0.717, 1.165) is 14.9 Å². The van der Waals surface area contributed by atoms with Crippen LogP contribution in [0.25, 0.3) is 11.0 Å². The van der Waals surface area contributed by atoms with Gasteiger partial charge in [0.05, 0.1) is 18.8 Å². The fourth-order valence-corrected chi connectivity index (χ4v) is 5.05. The Kier molecular flexibility index (Phi) is 7.55. The molecule has 170 valence electrons. The number of nitrogens with zero attached hydrogens (tertiary/aromatic N) is 5. The van der Waals surface area contributed by atoms with E-state index in [1.807, 2.05) is 29.2 Å². The van der Waals surface area contributed by atoms with Crippen LogP contribution in [0.15, 0.2) is 33.1 Å². The largest absolute Gasteiger partial charge is 0.383 e. The molecule has 1 aliphatic heterocycles. The van der Waals surface area contributed by atoms with Gasteiger partial charge in [0, 0.05) is 45.2 Å². The van der Waals surface area contributed by atoms with Gasteiger partial charge in [-0.15, -0.1) is 10.2 Å². The van der Waals surface area contributed by atoms with E-state index in [0.29, 0.717) is 50.6 Å². The highest BCUT2D eigenvalue weighted by molar-refractivity contribution is 8.01. The molecule has 32 heavy (non-hydrogen) atoms. The van der Waals surface area contributed by atoms with Crippen molar-refractivity contribution in [3.63, 3.8) is 0 Å². The van der Waals surface area contributed by atoms with Crippen LogP contribution in [0.5, 0.6) is 0 Å². The van der Waals surface area contributed by atoms with Crippen molar-refractivity contribution in [1.82, 2.24) is 25.6 Å². The quantitative estimate of drug-likeness (QED) is 0.362. The number of thioether (sulfide) groups is 1. The van der Waals surface area contributed by atoms with Gasteiger partial charge in [-0.25, -0.2) is 0 Å². The van der Waals surface area contributed by atoms with Crippen LogP contribution in [0, 0.1) is 0 Å². The van der Waals surface area contributed by atoms with Crippen molar-refractivity contribution in [1.29, 1.82) is 0 Å². The number of hydrogen-bond acceptors (Lipinski definition) is 10. The molecule has 0 spiro atoms. The summed E-state index contributed by atoms with van der Waals surface area (Å²) in [5, 5.41) is 17.0. The van der Waals surface area contributed by atoms with E-state index >= 15 is 0 Å². The minimum absolute atomic E-state index is 0.0386. The molecule has 1 N–H and O–H groups in total. The van der Waals surface area contributed by atoms with Crippen LogP contribution in [0.1, 0.15) is 5.69 Å². The molecule has 4 rings (SSSR count). The van der Waals surface area contributed by atoms with Crippen LogP contribution in [-0.2, 0) is 20.7 Å². The first kappa shape index (κ1) is 22.5. The lowest BCUT2D eigenvalue weighted by Crippen LogP contribution is -2.49. The summed E-state index contributed by atoms with van der Waals surface area (Å²) < 4.78 is 11.0. The number of ether oxygens (including phenoxy) is 1. The fourth-order valence-electron chi connectivity index (χ4n) is 3.33. The van der Waals surface area contributed by atoms with Gasteiger partial charge in [0.25, 0.3) is 0 Å². The van der Waals surface area contributed by atoms with E-state index in [1.54, 1.807) is 7.11 Å². The maximum absolute atomic E-state index is 12.8. The summed E-state index contributed by atoms with van der Waals surface area (Å²) in [7, 11) is 1.60. The molecule has 3 heterocycles. The summed E-state index contributed by atoms with van der Waals surface area (Å²) in [4.78, 5) is 28.5. The van der Waals surface area contributed by atoms with Crippen molar-refractivity contribution >= 4 is 51.0 Å². The predicted molar refractivity (Wildman–Crippen MR) is 122 cm³/mol. The first-order valence-electron chi connectivity index (χ1n) is 10.2. The van der Waals surface area contributed by atoms with Crippen LogP contribution in [0.2, 0.25) is 0 Å². The second-order valence-electron chi connectivity index (χ2n) is 7.15. The summed E-state index contributed by atoms with van der Waals surface area (Å²) in [6.07, 6.45) is 0.225. The van der Waals surface area contributed by atoms with E-state index in [4.69, 9.17) is 9.26 Å². The lowest BCUT2D eigenvalue weighted by Gasteiger charge is -2.34. The molecule has 0 atom stereocenters. The van der Waals surface area contributed by atoms with Gasteiger partial charge in [-0.3, -0.25) is 9.59 Å². The van der Waals surface area contributed by atoms with E-state index in [-0.39, 0.29) is 24.0 Å². The van der Waals surface area contributed by atoms with Gasteiger partial charge in [0.2, 0.25) is 16.9 Å². The molecule has 1 aromatic carbocycles. The molecule has 0 aliphatic carbocycles. The summed E-state index contributed by atoms with van der Waals surface area (Å²) in [6.45, 7) is 3.57. The molecule has 0 bridgehead atoms. The number of nitrogens with one attached hydrogen (secondary N) is 1. The number of rotatable bonds is 9. The van der Waals surface area contributed by atoms with Gasteiger partial charge < -0.3 is 24.4 Å². The molecule has 0 unspecified atom stereocenters. The standard InChI is InChI=1S/C20H24N6O4S2/c1-29-11-6-21-17(27)13-31-20-23-22-19(32-20)26-9-7-25(8-10-26)18(28)12-15-14-4-2-3-5-16(14)30-24-15/h2-5H,6-13H2,1H3,(H,21,27). The average Bonchev–Trinajstić information content (AvgIpc) is 3.46. The van der Waals surface area contributed by atoms with Gasteiger partial charge in [0.15, 0.2) is 9.92 Å². The normalized spacial score (nSPS) is 14.2. The van der Waals surface area contributed by atoms with Crippen LogP contribution in [0.3, 0.4) is 0 Å². The van der Waals surface area contributed by atoms with Crippen molar-refractivity contribution in [2.24, 2.45) is 0 Å². The van der Waals surface area contributed by atoms with Crippen molar-refractivity contribution in [3.05, 3.63) is 30.0 Å². The molecule has 1 saturated heterocycles. The SMILES string of the molecule is COCCNC(=O)CSc1nnc(N2CCN(C(=O)Cc3noc4ccccc34)CC2)s1. The molecular weight excluding hydrogens is 452 g/mol. The van der Waals surface area contributed by atoms with Crippen LogP contribution in [0.4, 0.5) is 5.13 Å². The second-order valence-corrected chi connectivity index (χ2v) is 9.33. The van der Waals surface area contributed by atoms with E-state index < -0.39 is 0 Å². The molecule has 12 heteroatoms. The Bertz CT molecular complexity index is 1060. The monoisotopic (exact) mass is 476 g/mol. The smallest absolute Gasteiger partial charge is 0.230 e. The molecule has 0 saturated carbocycles. The van der Waals surface area contributed by atoms with Crippen molar-refractivity contribution in [2.45, 2.75) is 10.8 Å². The first-order valence-corrected chi connectivity index (χ1v) is 12.0. The van der Waals surface area contributed by atoms with Gasteiger partial charge in [0.1, 0.15) is 5.69 Å². The number of aromatic nitrogens is 3. The maximum atomic E-state index is 12.8. The van der Waals surface area contributed by atoms with E-state index in [9.17, 15) is 9.59 Å². The fraction of sp³-hybridized carbons (Fsp3) is 0.450. The lowest BCUT2D eigenvalue weighted by atomic mass is 10.1. The summed E-state index contributed by atoms with van der Waals surface area (Å²) in [6, 6.07) is 7.56. The minimum atomic E-state index is -0.0594. The summed E-state index contributed by atoms with van der Waals surface area (Å²) >= 11 is 2.83. The molecule has 3 aromatic rings. The highest BCUT2D eigenvalue weighted by Gasteiger charge is 2.25. The number of para-hydroxylation sites is 1. The zero-order valence-corrected chi connectivity index (χ0v) is 19.3. The van der Waals surface area contributed by atoms with E-state index in [1.165, 1.54) is 23.1 Å². The summed E-state index contributed by atoms with van der Waals surface area (Å²) in [5.74, 6) is 0.268. The molecule has 2 aromatic heterocycles. The van der Waals surface area contributed by atoms with Crippen molar-refractivity contribution in [3.8, 4) is 0 Å². The third-order valence-corrected chi connectivity index (χ3v) is 7.14. The Hall–Kier alpha value is -2.70.